The molecule has 0 aliphatic rings. The Morgan fingerprint density at radius 2 is 1.64 bits per heavy atom. The summed E-state index contributed by atoms with van der Waals surface area (Å²) in [5, 5.41) is 8.35. The van der Waals surface area contributed by atoms with Crippen molar-refractivity contribution in [1.82, 2.24) is 5.32 Å². The van der Waals surface area contributed by atoms with E-state index in [1.54, 1.807) is 6.07 Å². The smallest absolute Gasteiger partial charge is 0.367 e. The van der Waals surface area contributed by atoms with Crippen LogP contribution in [0.1, 0.15) is 16.8 Å². The molecule has 0 heterocycles. The number of amides is 1. The Balaban J connectivity index is 2.81. The molecule has 6 N–H and O–H groups in total. The number of hydrogen-bond donors (Lipinski definition) is 6. The first kappa shape index (κ1) is 19.3. The van der Waals surface area contributed by atoms with Crippen molar-refractivity contribution in [3.63, 3.8) is 0 Å². The van der Waals surface area contributed by atoms with E-state index in [2.05, 4.69) is 5.32 Å². The predicted octanol–water partition coefficient (Wildman–Crippen LogP) is 0.461. The average molecular weight is 374 g/mol. The molecule has 0 atom stereocenters. The lowest BCUT2D eigenvalue weighted by Gasteiger charge is -2.29. The molecule has 1 aromatic rings. The summed E-state index contributed by atoms with van der Waals surface area (Å²) in [6.45, 7) is -0.587. The normalized spacial score (nSPS) is 13.0. The number of hydrogen-bond acceptors (Lipinski definition) is 4. The van der Waals surface area contributed by atoms with Gasteiger partial charge >= 0.3 is 15.2 Å². The first-order chi connectivity index (χ1) is 9.90. The second-order valence-electron chi connectivity index (χ2n) is 4.35. The minimum absolute atomic E-state index is 0.0695. The summed E-state index contributed by atoms with van der Waals surface area (Å²) in [5.74, 6) is -0.718. The predicted molar refractivity (Wildman–Crippen MR) is 77.4 cm³/mol. The number of nitrogens with one attached hydrogen (secondary N) is 1. The van der Waals surface area contributed by atoms with Crippen LogP contribution in [0.15, 0.2) is 24.3 Å². The van der Waals surface area contributed by atoms with Gasteiger partial charge in [-0.25, -0.2) is 0 Å². The van der Waals surface area contributed by atoms with E-state index in [4.69, 9.17) is 31.2 Å². The molecule has 124 valence electrons. The zero-order valence-corrected chi connectivity index (χ0v) is 13.5. The molecular weight excluding hydrogens is 360 g/mol. The molecule has 0 aliphatic heterocycles. The fraction of sp³-hybridized carbons (Fsp3) is 0.300. The summed E-state index contributed by atoms with van der Waals surface area (Å²) in [6.07, 6.45) is -1.04. The highest BCUT2D eigenvalue weighted by molar-refractivity contribution is 7.72. The van der Waals surface area contributed by atoms with Crippen molar-refractivity contribution in [3.05, 3.63) is 34.9 Å². The van der Waals surface area contributed by atoms with E-state index in [-0.39, 0.29) is 10.6 Å². The van der Waals surface area contributed by atoms with Crippen LogP contribution in [0.4, 0.5) is 0 Å². The molecule has 1 aromatic carbocycles. The van der Waals surface area contributed by atoms with Crippen LogP contribution >= 0.6 is 26.8 Å². The molecule has 12 heteroatoms. The van der Waals surface area contributed by atoms with Crippen LogP contribution in [-0.2, 0) is 9.13 Å². The van der Waals surface area contributed by atoms with E-state index in [1.165, 1.54) is 18.2 Å². The third kappa shape index (κ3) is 4.16. The quantitative estimate of drug-likeness (QED) is 0.391. The van der Waals surface area contributed by atoms with E-state index < -0.39 is 39.1 Å². The molecule has 0 saturated carbocycles. The lowest BCUT2D eigenvalue weighted by molar-refractivity contribution is 0.0926. The number of aliphatic hydroxyl groups is 1. The minimum atomic E-state index is -5.54. The van der Waals surface area contributed by atoms with Gasteiger partial charge < -0.3 is 30.0 Å². The molecule has 9 nitrogen and oxygen atoms in total. The van der Waals surface area contributed by atoms with Crippen molar-refractivity contribution < 1.29 is 38.6 Å². The van der Waals surface area contributed by atoms with Crippen molar-refractivity contribution >= 4 is 32.7 Å². The highest BCUT2D eigenvalue weighted by Crippen LogP contribution is 2.68. The molecule has 0 spiro atoms. The van der Waals surface area contributed by atoms with Crippen molar-refractivity contribution in [2.24, 2.45) is 0 Å². The molecule has 1 amide bonds. The zero-order chi connectivity index (χ0) is 17.2. The lowest BCUT2D eigenvalue weighted by atomic mass is 10.2. The monoisotopic (exact) mass is 373 g/mol. The zero-order valence-electron chi connectivity index (χ0n) is 11.0. The molecule has 0 aliphatic carbocycles. The van der Waals surface area contributed by atoms with Crippen LogP contribution in [0.5, 0.6) is 0 Å². The maximum atomic E-state index is 11.8. The van der Waals surface area contributed by atoms with Gasteiger partial charge in [-0.05, 0) is 12.1 Å². The molecule has 0 aromatic heterocycles. The Morgan fingerprint density at radius 1 is 1.14 bits per heavy atom. The average Bonchev–Trinajstić information content (AvgIpc) is 2.36. The van der Waals surface area contributed by atoms with Crippen molar-refractivity contribution in [2.75, 3.05) is 6.54 Å². The Hall–Kier alpha value is -0.760. The third-order valence-electron chi connectivity index (χ3n) is 2.80. The van der Waals surface area contributed by atoms with E-state index in [9.17, 15) is 19.0 Å². The molecule has 0 fully saturated rings. The maximum absolute atomic E-state index is 11.8. The van der Waals surface area contributed by atoms with Crippen LogP contribution in [0, 0.1) is 0 Å². The summed E-state index contributed by atoms with van der Waals surface area (Å²) < 4.78 is 22.2. The van der Waals surface area contributed by atoms with Gasteiger partial charge in [0.1, 0.15) is 0 Å². The summed E-state index contributed by atoms with van der Waals surface area (Å²) in [5.41, 5.74) is 0.0695. The molecule has 0 radical (unpaired) electrons. The van der Waals surface area contributed by atoms with Crippen LogP contribution in [0.3, 0.4) is 0 Å². The fourth-order valence-electron chi connectivity index (χ4n) is 1.55. The van der Waals surface area contributed by atoms with Gasteiger partial charge in [-0.3, -0.25) is 13.9 Å². The number of carbonyl (C=O) groups excluding carboxylic acids is 1. The topological polar surface area (TPSA) is 164 Å². The van der Waals surface area contributed by atoms with E-state index in [1.807, 2.05) is 0 Å². The van der Waals surface area contributed by atoms with Gasteiger partial charge in [-0.2, -0.15) is 0 Å². The van der Waals surface area contributed by atoms with Crippen LogP contribution in [0.25, 0.3) is 0 Å². The maximum Gasteiger partial charge on any atom is 0.369 e. The fourth-order valence-corrected chi connectivity index (χ4v) is 3.93. The van der Waals surface area contributed by atoms with Gasteiger partial charge in [0, 0.05) is 13.0 Å². The Kier molecular flexibility index (Phi) is 5.94. The van der Waals surface area contributed by atoms with E-state index >= 15 is 0 Å². The highest BCUT2D eigenvalue weighted by atomic mass is 35.5. The molecule has 0 saturated heterocycles. The van der Waals surface area contributed by atoms with Crippen LogP contribution < -0.4 is 5.32 Å². The Bertz CT molecular complexity index is 632. The molecule has 22 heavy (non-hydrogen) atoms. The Labute approximate surface area is 130 Å². The molecule has 0 bridgehead atoms. The van der Waals surface area contributed by atoms with E-state index in [0.29, 0.717) is 0 Å². The lowest BCUT2D eigenvalue weighted by Crippen LogP contribution is -2.35. The van der Waals surface area contributed by atoms with Gasteiger partial charge in [0.2, 0.25) is 0 Å². The van der Waals surface area contributed by atoms with Crippen molar-refractivity contribution in [1.29, 1.82) is 0 Å². The molecular formula is C10H14ClNO8P2. The first-order valence-corrected chi connectivity index (χ1v) is 9.37. The van der Waals surface area contributed by atoms with Crippen LogP contribution in [0.2, 0.25) is 5.02 Å². The summed E-state index contributed by atoms with van der Waals surface area (Å²) in [4.78, 5) is 47.5. The van der Waals surface area contributed by atoms with Crippen LogP contribution in [-0.4, -0.2) is 42.2 Å². The number of rotatable bonds is 6. The largest absolute Gasteiger partial charge is 0.369 e. The van der Waals surface area contributed by atoms with Gasteiger partial charge in [0.15, 0.2) is 0 Å². The van der Waals surface area contributed by atoms with Gasteiger partial charge in [0.25, 0.3) is 11.0 Å². The second-order valence-corrected chi connectivity index (χ2v) is 8.76. The molecule has 1 rings (SSSR count). The summed E-state index contributed by atoms with van der Waals surface area (Å²) in [6, 6.07) is 5.94. The van der Waals surface area contributed by atoms with Gasteiger partial charge in [-0.15, -0.1) is 0 Å². The second kappa shape index (κ2) is 6.78. The first-order valence-electron chi connectivity index (χ1n) is 5.76. The standard InChI is InChI=1S/C10H14ClNO8P2/c11-8-4-2-1-3-7(8)9(13)12-6-5-10(14,21(15,16)17)22(18,19)20/h1-4,14H,5-6H2,(H,12,13)(H2,15,16,17)(H2,18,19,20). The van der Waals surface area contributed by atoms with Gasteiger partial charge in [-0.1, -0.05) is 23.7 Å². The molecule has 0 unspecified atom stereocenters. The SMILES string of the molecule is O=C(NCCC(O)(P(=O)(O)O)P(=O)(O)O)c1ccccc1Cl. The van der Waals surface area contributed by atoms with Crippen molar-refractivity contribution in [2.45, 2.75) is 11.5 Å². The highest BCUT2D eigenvalue weighted by Gasteiger charge is 2.58. The number of halogens is 1. The third-order valence-corrected chi connectivity index (χ3v) is 7.00. The Morgan fingerprint density at radius 3 is 2.09 bits per heavy atom. The summed E-state index contributed by atoms with van der Waals surface area (Å²) >= 11 is 5.77. The van der Waals surface area contributed by atoms with Gasteiger partial charge in [0.05, 0.1) is 10.6 Å². The minimum Gasteiger partial charge on any atom is -0.367 e. The summed E-state index contributed by atoms with van der Waals surface area (Å²) in [7, 11) is -11.1. The number of carbonyl (C=O) groups is 1. The van der Waals surface area contributed by atoms with Crippen molar-refractivity contribution in [3.8, 4) is 0 Å². The van der Waals surface area contributed by atoms with E-state index in [0.717, 1.165) is 0 Å². The number of benzene rings is 1.